The van der Waals surface area contributed by atoms with E-state index in [1.54, 1.807) is 42.7 Å². The van der Waals surface area contributed by atoms with Gasteiger partial charge < -0.3 is 37.6 Å². The maximum Gasteiger partial charge on any atom is 0.349 e. The van der Waals surface area contributed by atoms with Gasteiger partial charge in [0.2, 0.25) is 16.7 Å². The molecule has 4 rings (SSSR count). The Bertz CT molecular complexity index is 1390. The average Bonchev–Trinajstić information content (AvgIpc) is 2.99. The van der Waals surface area contributed by atoms with Crippen LogP contribution in [-0.2, 0) is 33.7 Å². The van der Waals surface area contributed by atoms with Crippen LogP contribution >= 0.6 is 23.2 Å². The molecule has 2 aromatic rings. The molecule has 0 radical (unpaired) electrons. The number of carbonyl (C=O) groups excluding carboxylic acids is 2. The minimum Gasteiger partial charge on any atom is -0.493 e. The molecule has 0 aromatic heterocycles. The molecule has 2 aliphatic rings. The highest BCUT2D eigenvalue weighted by atomic mass is 35.5. The Balaban J connectivity index is 1.79. The average molecular weight is 626 g/mol. The predicted molar refractivity (Wildman–Crippen MR) is 156 cm³/mol. The van der Waals surface area contributed by atoms with Crippen LogP contribution in [0.15, 0.2) is 23.2 Å². The molecule has 2 aliphatic heterocycles. The number of methoxy groups -OCH3 is 6. The third kappa shape index (κ3) is 5.80. The minimum absolute atomic E-state index is 0.0214. The van der Waals surface area contributed by atoms with Crippen molar-refractivity contribution in [1.82, 2.24) is 0 Å². The lowest BCUT2D eigenvalue weighted by Gasteiger charge is -2.52. The number of quaternary nitrogens is 1. The van der Waals surface area contributed by atoms with Crippen LogP contribution in [-0.4, -0.2) is 78.0 Å². The quantitative estimate of drug-likeness (QED) is 0.109. The number of ether oxygens (including phenoxy) is 7. The van der Waals surface area contributed by atoms with Crippen molar-refractivity contribution >= 4 is 34.4 Å². The molecule has 0 spiro atoms. The number of hydrogen-bond acceptors (Lipinski definition) is 9. The van der Waals surface area contributed by atoms with E-state index in [0.717, 1.165) is 41.3 Å². The Kier molecular flexibility index (Phi) is 10.0. The standard InChI is InChI=1S/C30H36Cl2NO9/c1-36-22-13-17-8-10-33(9-7-11-42-30(35)20(31)15-24(32)34)16-19-18(14-23(37-2)27(39-4)26(19)38-3)12-21(33)25(17)29(41-6)28(22)40-5/h13-15,21H,7-12,16H2,1-6H3/q+1/b20-15-/t21-,33?/m1/s1. The number of nitrogens with zero attached hydrogens (tertiary/aromatic N) is 1. The summed E-state index contributed by atoms with van der Waals surface area (Å²) in [6.45, 7) is 2.22. The van der Waals surface area contributed by atoms with Gasteiger partial charge in [0.25, 0.3) is 0 Å². The summed E-state index contributed by atoms with van der Waals surface area (Å²) >= 11 is 11.2. The highest BCUT2D eigenvalue weighted by Crippen LogP contribution is 2.55. The number of allylic oxidation sites excluding steroid dienone is 1. The largest absolute Gasteiger partial charge is 0.493 e. The summed E-state index contributed by atoms with van der Waals surface area (Å²) in [5.41, 5.74) is 4.32. The fourth-order valence-electron chi connectivity index (χ4n) is 6.32. The number of carbonyl (C=O) groups is 2. The first-order chi connectivity index (χ1) is 20.2. The van der Waals surface area contributed by atoms with Crippen molar-refractivity contribution in [2.75, 3.05) is 62.4 Å². The van der Waals surface area contributed by atoms with Crippen molar-refractivity contribution in [1.29, 1.82) is 0 Å². The molecule has 0 N–H and O–H groups in total. The second-order valence-corrected chi connectivity index (χ2v) is 10.9. The van der Waals surface area contributed by atoms with Gasteiger partial charge in [-0.2, -0.15) is 0 Å². The summed E-state index contributed by atoms with van der Waals surface area (Å²) in [6.07, 6.45) is 2.79. The zero-order valence-corrected chi connectivity index (χ0v) is 26.1. The lowest BCUT2D eigenvalue weighted by atomic mass is 9.80. The number of benzene rings is 2. The molecule has 10 nitrogen and oxygen atoms in total. The number of fused-ring (bicyclic) bond motifs is 4. The zero-order valence-electron chi connectivity index (χ0n) is 24.6. The van der Waals surface area contributed by atoms with Crippen LogP contribution in [0.5, 0.6) is 34.5 Å². The summed E-state index contributed by atoms with van der Waals surface area (Å²) < 4.78 is 40.7. The fraction of sp³-hybridized carbons (Fsp3) is 0.467. The lowest BCUT2D eigenvalue weighted by molar-refractivity contribution is -0.973. The van der Waals surface area contributed by atoms with Gasteiger partial charge in [-0.25, -0.2) is 4.79 Å². The summed E-state index contributed by atoms with van der Waals surface area (Å²) in [4.78, 5) is 23.3. The molecular formula is C30H36Cl2NO9+. The predicted octanol–water partition coefficient (Wildman–Crippen LogP) is 4.73. The van der Waals surface area contributed by atoms with Gasteiger partial charge >= 0.3 is 5.97 Å². The smallest absolute Gasteiger partial charge is 0.349 e. The van der Waals surface area contributed by atoms with Crippen molar-refractivity contribution in [2.24, 2.45) is 0 Å². The Hall–Kier alpha value is -3.34. The number of esters is 1. The number of hydrogen-bond donors (Lipinski definition) is 0. The van der Waals surface area contributed by atoms with E-state index >= 15 is 0 Å². The van der Waals surface area contributed by atoms with E-state index in [1.807, 2.05) is 12.1 Å². The van der Waals surface area contributed by atoms with Crippen molar-refractivity contribution in [3.05, 3.63) is 45.5 Å². The van der Waals surface area contributed by atoms with Crippen LogP contribution in [0, 0.1) is 0 Å². The lowest BCUT2D eigenvalue weighted by Crippen LogP contribution is -2.57. The monoisotopic (exact) mass is 624 g/mol. The summed E-state index contributed by atoms with van der Waals surface area (Å²) in [5, 5.41) is -1.21. The first kappa shape index (κ1) is 31.6. The minimum atomic E-state index is -0.848. The molecule has 12 heteroatoms. The second kappa shape index (κ2) is 13.3. The highest BCUT2D eigenvalue weighted by molar-refractivity contribution is 6.67. The maximum absolute atomic E-state index is 12.2. The summed E-state index contributed by atoms with van der Waals surface area (Å²) in [7, 11) is 9.67. The molecular weight excluding hydrogens is 589 g/mol. The number of halogens is 2. The molecule has 2 heterocycles. The van der Waals surface area contributed by atoms with Crippen molar-refractivity contribution in [3.63, 3.8) is 0 Å². The molecule has 0 bridgehead atoms. The molecule has 0 aliphatic carbocycles. The zero-order chi connectivity index (χ0) is 30.6. The maximum atomic E-state index is 12.2. The first-order valence-electron chi connectivity index (χ1n) is 13.4. The second-order valence-electron chi connectivity index (χ2n) is 10.1. The third-order valence-corrected chi connectivity index (χ3v) is 8.48. The van der Waals surface area contributed by atoms with Gasteiger partial charge in [-0.05, 0) is 34.9 Å². The van der Waals surface area contributed by atoms with E-state index in [2.05, 4.69) is 0 Å². The van der Waals surface area contributed by atoms with Crippen molar-refractivity contribution in [3.8, 4) is 34.5 Å². The van der Waals surface area contributed by atoms with Crippen LogP contribution < -0.4 is 28.4 Å². The van der Waals surface area contributed by atoms with Gasteiger partial charge in [0, 0.05) is 25.3 Å². The summed E-state index contributed by atoms with van der Waals surface area (Å²) in [6, 6.07) is 4.02. The SMILES string of the molecule is COc1cc2c(c(OC)c1OC)C[N+]1(CCCOC(=O)/C(Cl)=C/C(=O)Cl)CCc3cc(OC)c(OC)c(OC)c3[C@H]1C2. The molecule has 0 fully saturated rings. The van der Waals surface area contributed by atoms with Crippen LogP contribution in [0.3, 0.4) is 0 Å². The van der Waals surface area contributed by atoms with Gasteiger partial charge in [-0.1, -0.05) is 11.6 Å². The van der Waals surface area contributed by atoms with Crippen LogP contribution in [0.2, 0.25) is 0 Å². The fourth-order valence-corrected chi connectivity index (χ4v) is 6.64. The van der Waals surface area contributed by atoms with E-state index in [-0.39, 0.29) is 17.7 Å². The Morgan fingerprint density at radius 3 is 2.02 bits per heavy atom. The van der Waals surface area contributed by atoms with Crippen LogP contribution in [0.1, 0.15) is 34.7 Å². The topological polar surface area (TPSA) is 98.8 Å². The Labute approximate surface area is 255 Å². The molecule has 0 saturated heterocycles. The van der Waals surface area contributed by atoms with E-state index in [0.29, 0.717) is 64.9 Å². The number of rotatable bonds is 12. The van der Waals surface area contributed by atoms with E-state index in [4.69, 9.17) is 56.4 Å². The van der Waals surface area contributed by atoms with Crippen LogP contribution in [0.25, 0.3) is 0 Å². The van der Waals surface area contributed by atoms with Gasteiger partial charge in [-0.15, -0.1) is 0 Å². The summed E-state index contributed by atoms with van der Waals surface area (Å²) in [5.74, 6) is 2.78. The van der Waals surface area contributed by atoms with Crippen molar-refractivity contribution < 1.29 is 47.2 Å². The van der Waals surface area contributed by atoms with E-state index in [1.165, 1.54) is 0 Å². The first-order valence-corrected chi connectivity index (χ1v) is 14.2. The van der Waals surface area contributed by atoms with E-state index in [9.17, 15) is 9.59 Å². The van der Waals surface area contributed by atoms with Crippen LogP contribution in [0.4, 0.5) is 0 Å². The van der Waals surface area contributed by atoms with E-state index < -0.39 is 11.2 Å². The van der Waals surface area contributed by atoms with Gasteiger partial charge in [0.15, 0.2) is 23.0 Å². The highest BCUT2D eigenvalue weighted by Gasteiger charge is 2.49. The molecule has 1 unspecified atom stereocenters. The normalized spacial score (nSPS) is 19.0. The third-order valence-electron chi connectivity index (χ3n) is 8.10. The molecule has 0 saturated carbocycles. The van der Waals surface area contributed by atoms with Gasteiger partial charge in [-0.3, -0.25) is 4.79 Å². The van der Waals surface area contributed by atoms with Gasteiger partial charge in [0.05, 0.1) is 73.5 Å². The molecule has 42 heavy (non-hydrogen) atoms. The molecule has 228 valence electrons. The molecule has 2 atom stereocenters. The Morgan fingerprint density at radius 1 is 0.857 bits per heavy atom. The van der Waals surface area contributed by atoms with Gasteiger partial charge in [0.1, 0.15) is 17.6 Å². The Morgan fingerprint density at radius 2 is 1.45 bits per heavy atom. The van der Waals surface area contributed by atoms with Crippen molar-refractivity contribution in [2.45, 2.75) is 31.8 Å². The molecule has 0 amide bonds. The molecule has 2 aromatic carbocycles.